The van der Waals surface area contributed by atoms with Crippen molar-refractivity contribution < 1.29 is 9.90 Å². The minimum absolute atomic E-state index is 0.293. The van der Waals surface area contributed by atoms with E-state index in [1.54, 1.807) is 18.7 Å². The maximum Gasteiger partial charge on any atom is 0.323 e. The van der Waals surface area contributed by atoms with Crippen LogP contribution in [0.2, 0.25) is 0 Å². The van der Waals surface area contributed by atoms with Crippen molar-refractivity contribution in [3.8, 4) is 0 Å². The standard InChI is InChI=1S/C7H15NO2S/c1-5(11-3)4-7(2,8)6(9)10/h5H,4,8H2,1-3H3,(H,9,10). The molecule has 2 unspecified atom stereocenters. The van der Waals surface area contributed by atoms with Crippen molar-refractivity contribution in [3.63, 3.8) is 0 Å². The molecule has 0 saturated carbocycles. The minimum atomic E-state index is -1.08. The molecule has 3 N–H and O–H groups in total. The summed E-state index contributed by atoms with van der Waals surface area (Å²) in [4.78, 5) is 10.5. The molecule has 0 aromatic heterocycles. The minimum Gasteiger partial charge on any atom is -0.480 e. The van der Waals surface area contributed by atoms with Gasteiger partial charge in [-0.2, -0.15) is 11.8 Å². The third-order valence-electron chi connectivity index (χ3n) is 1.60. The molecule has 0 radical (unpaired) electrons. The number of aliphatic carboxylic acids is 1. The van der Waals surface area contributed by atoms with E-state index in [1.165, 1.54) is 0 Å². The Kier molecular flexibility index (Phi) is 3.89. The summed E-state index contributed by atoms with van der Waals surface area (Å²) in [5, 5.41) is 8.94. The predicted molar refractivity (Wildman–Crippen MR) is 47.8 cm³/mol. The van der Waals surface area contributed by atoms with E-state index >= 15 is 0 Å². The molecule has 0 fully saturated rings. The second-order valence-corrected chi connectivity index (χ2v) is 4.25. The van der Waals surface area contributed by atoms with Gasteiger partial charge in [0, 0.05) is 5.25 Å². The Balaban J connectivity index is 4.01. The fourth-order valence-corrected chi connectivity index (χ4v) is 1.28. The first-order valence-corrected chi connectivity index (χ1v) is 4.74. The fraction of sp³-hybridized carbons (Fsp3) is 0.857. The van der Waals surface area contributed by atoms with Gasteiger partial charge in [0.25, 0.3) is 0 Å². The summed E-state index contributed by atoms with van der Waals surface area (Å²) < 4.78 is 0. The zero-order valence-electron chi connectivity index (χ0n) is 7.13. The molecule has 0 aliphatic carbocycles. The molecule has 0 saturated heterocycles. The molecular formula is C7H15NO2S. The van der Waals surface area contributed by atoms with Gasteiger partial charge in [0.05, 0.1) is 0 Å². The molecule has 0 heterocycles. The van der Waals surface area contributed by atoms with Crippen molar-refractivity contribution in [2.45, 2.75) is 31.1 Å². The molecule has 0 spiro atoms. The lowest BCUT2D eigenvalue weighted by molar-refractivity contribution is -0.142. The van der Waals surface area contributed by atoms with E-state index in [0.717, 1.165) is 0 Å². The Morgan fingerprint density at radius 2 is 2.27 bits per heavy atom. The highest BCUT2D eigenvalue weighted by molar-refractivity contribution is 7.99. The van der Waals surface area contributed by atoms with E-state index in [-0.39, 0.29) is 0 Å². The number of rotatable bonds is 4. The molecular weight excluding hydrogens is 162 g/mol. The highest BCUT2D eigenvalue weighted by atomic mass is 32.2. The van der Waals surface area contributed by atoms with Gasteiger partial charge in [-0.3, -0.25) is 4.79 Å². The molecule has 0 amide bonds. The van der Waals surface area contributed by atoms with Crippen LogP contribution in [-0.4, -0.2) is 28.1 Å². The van der Waals surface area contributed by atoms with Gasteiger partial charge < -0.3 is 10.8 Å². The van der Waals surface area contributed by atoms with Gasteiger partial charge in [-0.15, -0.1) is 0 Å². The summed E-state index contributed by atoms with van der Waals surface area (Å²) >= 11 is 1.63. The molecule has 3 nitrogen and oxygen atoms in total. The van der Waals surface area contributed by atoms with E-state index in [2.05, 4.69) is 0 Å². The van der Waals surface area contributed by atoms with Gasteiger partial charge in [0.1, 0.15) is 5.54 Å². The second kappa shape index (κ2) is 3.97. The Labute approximate surface area is 71.3 Å². The Morgan fingerprint density at radius 1 is 1.82 bits per heavy atom. The number of carbonyl (C=O) groups is 1. The van der Waals surface area contributed by atoms with Crippen LogP contribution in [0.1, 0.15) is 20.3 Å². The summed E-state index contributed by atoms with van der Waals surface area (Å²) in [7, 11) is 0. The van der Waals surface area contributed by atoms with Gasteiger partial charge in [-0.1, -0.05) is 6.92 Å². The molecule has 0 aromatic rings. The van der Waals surface area contributed by atoms with Gasteiger partial charge in [-0.05, 0) is 19.6 Å². The molecule has 0 aliphatic heterocycles. The topological polar surface area (TPSA) is 63.3 Å². The van der Waals surface area contributed by atoms with Crippen molar-refractivity contribution in [1.29, 1.82) is 0 Å². The van der Waals surface area contributed by atoms with E-state index < -0.39 is 11.5 Å². The van der Waals surface area contributed by atoms with Gasteiger partial charge in [-0.25, -0.2) is 0 Å². The van der Waals surface area contributed by atoms with Crippen molar-refractivity contribution >= 4 is 17.7 Å². The predicted octanol–water partition coefficient (Wildman–Crippen LogP) is 0.930. The van der Waals surface area contributed by atoms with Crippen molar-refractivity contribution in [3.05, 3.63) is 0 Å². The lowest BCUT2D eigenvalue weighted by Crippen LogP contribution is -2.46. The molecule has 4 heteroatoms. The van der Waals surface area contributed by atoms with Crippen LogP contribution in [0.25, 0.3) is 0 Å². The number of thioether (sulfide) groups is 1. The number of hydrogen-bond acceptors (Lipinski definition) is 3. The van der Waals surface area contributed by atoms with E-state index in [0.29, 0.717) is 11.7 Å². The lowest BCUT2D eigenvalue weighted by atomic mass is 9.98. The molecule has 0 rings (SSSR count). The second-order valence-electron chi connectivity index (χ2n) is 2.97. The first-order valence-electron chi connectivity index (χ1n) is 3.45. The van der Waals surface area contributed by atoms with Gasteiger partial charge in [0.15, 0.2) is 0 Å². The zero-order chi connectivity index (χ0) is 9.07. The maximum atomic E-state index is 10.5. The molecule has 11 heavy (non-hydrogen) atoms. The van der Waals surface area contributed by atoms with Crippen LogP contribution >= 0.6 is 11.8 Å². The van der Waals surface area contributed by atoms with Crippen LogP contribution in [0.3, 0.4) is 0 Å². The zero-order valence-corrected chi connectivity index (χ0v) is 7.94. The van der Waals surface area contributed by atoms with E-state index in [9.17, 15) is 4.79 Å². The SMILES string of the molecule is CSC(C)CC(C)(N)C(=O)O. The molecule has 0 bridgehead atoms. The van der Waals surface area contributed by atoms with Gasteiger partial charge in [0.2, 0.25) is 0 Å². The van der Waals surface area contributed by atoms with Crippen molar-refractivity contribution in [2.75, 3.05) is 6.26 Å². The Morgan fingerprint density at radius 3 is 2.55 bits per heavy atom. The maximum absolute atomic E-state index is 10.5. The number of hydrogen-bond donors (Lipinski definition) is 2. The third-order valence-corrected chi connectivity index (χ3v) is 2.57. The smallest absolute Gasteiger partial charge is 0.323 e. The highest BCUT2D eigenvalue weighted by Gasteiger charge is 2.29. The third kappa shape index (κ3) is 3.62. The van der Waals surface area contributed by atoms with Crippen LogP contribution in [0.15, 0.2) is 0 Å². The van der Waals surface area contributed by atoms with Crippen LogP contribution in [-0.2, 0) is 4.79 Å². The van der Waals surface area contributed by atoms with Crippen molar-refractivity contribution in [1.82, 2.24) is 0 Å². The first kappa shape index (κ1) is 10.8. The van der Waals surface area contributed by atoms with Crippen LogP contribution in [0.5, 0.6) is 0 Å². The van der Waals surface area contributed by atoms with E-state index in [1.807, 2.05) is 13.2 Å². The average Bonchev–Trinajstić information content (AvgIpc) is 1.86. The molecule has 66 valence electrons. The normalized spacial score (nSPS) is 18.9. The average molecular weight is 177 g/mol. The summed E-state index contributed by atoms with van der Waals surface area (Å²) in [6, 6.07) is 0. The summed E-state index contributed by atoms with van der Waals surface area (Å²) in [5.74, 6) is -0.932. The number of carboxylic acid groups (broad SMARTS) is 1. The van der Waals surface area contributed by atoms with Crippen molar-refractivity contribution in [2.24, 2.45) is 5.73 Å². The number of carboxylic acids is 1. The quantitative estimate of drug-likeness (QED) is 0.670. The van der Waals surface area contributed by atoms with Crippen LogP contribution in [0.4, 0.5) is 0 Å². The molecule has 0 aromatic carbocycles. The summed E-state index contributed by atoms with van der Waals surface area (Å²) in [5.41, 5.74) is 4.44. The summed E-state index contributed by atoms with van der Waals surface area (Å²) in [6.45, 7) is 3.51. The van der Waals surface area contributed by atoms with Crippen LogP contribution in [0, 0.1) is 0 Å². The highest BCUT2D eigenvalue weighted by Crippen LogP contribution is 2.17. The number of nitrogens with two attached hydrogens (primary N) is 1. The first-order chi connectivity index (χ1) is 4.90. The largest absolute Gasteiger partial charge is 0.480 e. The van der Waals surface area contributed by atoms with E-state index in [4.69, 9.17) is 10.8 Å². The monoisotopic (exact) mass is 177 g/mol. The fourth-order valence-electron chi connectivity index (χ4n) is 0.768. The summed E-state index contributed by atoms with van der Waals surface area (Å²) in [6.07, 6.45) is 2.45. The Bertz CT molecular complexity index is 147. The molecule has 0 aliphatic rings. The molecule has 2 atom stereocenters. The lowest BCUT2D eigenvalue weighted by Gasteiger charge is -2.21. The Hall–Kier alpha value is -0.220. The van der Waals surface area contributed by atoms with Crippen LogP contribution < -0.4 is 5.73 Å². The van der Waals surface area contributed by atoms with Gasteiger partial charge >= 0.3 is 5.97 Å².